The van der Waals surface area contributed by atoms with E-state index >= 15 is 0 Å². The van der Waals surface area contributed by atoms with Crippen LogP contribution in [0.4, 0.5) is 4.39 Å². The van der Waals surface area contributed by atoms with Crippen LogP contribution in [0.15, 0.2) is 35.4 Å². The van der Waals surface area contributed by atoms with Crippen molar-refractivity contribution in [3.05, 3.63) is 47.5 Å². The predicted octanol–water partition coefficient (Wildman–Crippen LogP) is 1.45. The number of hydrogen-bond donors (Lipinski definition) is 1. The van der Waals surface area contributed by atoms with Crippen LogP contribution in [0.1, 0.15) is 17.3 Å². The zero-order valence-electron chi connectivity index (χ0n) is 13.6. The van der Waals surface area contributed by atoms with E-state index in [2.05, 4.69) is 9.82 Å². The van der Waals surface area contributed by atoms with Crippen LogP contribution in [-0.2, 0) is 17.1 Å². The molecule has 1 heterocycles. The summed E-state index contributed by atoms with van der Waals surface area (Å²) in [5.74, 6) is -0.321. The standard InChI is InChI=1S/C15H21FN4O2S/c1-11-15(10-20(4)18-11)23(21,22)17-9-14(19(2)3)12-5-7-13(16)8-6-12/h5-8,10,14,17H,9H2,1-4H3/t14-/m0/s1. The van der Waals surface area contributed by atoms with Crippen LogP contribution in [0, 0.1) is 12.7 Å². The Hall–Kier alpha value is -1.77. The summed E-state index contributed by atoms with van der Waals surface area (Å²) in [5.41, 5.74) is 1.28. The summed E-state index contributed by atoms with van der Waals surface area (Å²) in [4.78, 5) is 2.04. The number of halogens is 1. The lowest BCUT2D eigenvalue weighted by molar-refractivity contribution is 0.299. The van der Waals surface area contributed by atoms with Crippen molar-refractivity contribution >= 4 is 10.0 Å². The zero-order valence-corrected chi connectivity index (χ0v) is 14.4. The van der Waals surface area contributed by atoms with E-state index in [9.17, 15) is 12.8 Å². The fourth-order valence-corrected chi connectivity index (χ4v) is 3.65. The average molecular weight is 340 g/mol. The molecule has 6 nitrogen and oxygen atoms in total. The molecule has 2 rings (SSSR count). The van der Waals surface area contributed by atoms with Crippen LogP contribution in [0.2, 0.25) is 0 Å². The summed E-state index contributed by atoms with van der Waals surface area (Å²) in [7, 11) is 1.71. The molecule has 0 spiro atoms. The second-order valence-corrected chi connectivity index (χ2v) is 7.37. The fourth-order valence-electron chi connectivity index (χ4n) is 2.39. The number of benzene rings is 1. The number of nitrogens with one attached hydrogen (secondary N) is 1. The van der Waals surface area contributed by atoms with Crippen LogP contribution in [0.25, 0.3) is 0 Å². The normalized spacial score (nSPS) is 13.5. The summed E-state index contributed by atoms with van der Waals surface area (Å²) < 4.78 is 42.0. The Morgan fingerprint density at radius 3 is 2.39 bits per heavy atom. The quantitative estimate of drug-likeness (QED) is 0.864. The molecule has 0 fully saturated rings. The number of rotatable bonds is 6. The van der Waals surface area contributed by atoms with Gasteiger partial charge in [-0.05, 0) is 38.7 Å². The molecule has 8 heteroatoms. The van der Waals surface area contributed by atoms with Gasteiger partial charge >= 0.3 is 0 Å². The Labute approximate surface area is 136 Å². The van der Waals surface area contributed by atoms with Crippen molar-refractivity contribution < 1.29 is 12.8 Å². The van der Waals surface area contributed by atoms with Crippen LogP contribution >= 0.6 is 0 Å². The highest BCUT2D eigenvalue weighted by Crippen LogP contribution is 2.19. The maximum Gasteiger partial charge on any atom is 0.244 e. The van der Waals surface area contributed by atoms with Gasteiger partial charge in [-0.25, -0.2) is 17.5 Å². The third kappa shape index (κ3) is 4.15. The monoisotopic (exact) mass is 340 g/mol. The van der Waals surface area contributed by atoms with Crippen molar-refractivity contribution in [3.8, 4) is 0 Å². The van der Waals surface area contributed by atoms with Gasteiger partial charge in [-0.15, -0.1) is 0 Å². The van der Waals surface area contributed by atoms with Crippen molar-refractivity contribution in [2.75, 3.05) is 20.6 Å². The van der Waals surface area contributed by atoms with E-state index < -0.39 is 10.0 Å². The van der Waals surface area contributed by atoms with Gasteiger partial charge in [0.15, 0.2) is 0 Å². The molecule has 0 saturated heterocycles. The van der Waals surface area contributed by atoms with Crippen LogP contribution < -0.4 is 4.72 Å². The second-order valence-electron chi connectivity index (χ2n) is 5.64. The molecule has 0 unspecified atom stereocenters. The Morgan fingerprint density at radius 2 is 1.91 bits per heavy atom. The topological polar surface area (TPSA) is 67.2 Å². The van der Waals surface area contributed by atoms with E-state index in [0.29, 0.717) is 5.69 Å². The van der Waals surface area contributed by atoms with Gasteiger partial charge in [0.25, 0.3) is 0 Å². The van der Waals surface area contributed by atoms with E-state index in [0.717, 1.165) is 5.56 Å². The van der Waals surface area contributed by atoms with Gasteiger partial charge in [0.2, 0.25) is 10.0 Å². The van der Waals surface area contributed by atoms with Gasteiger partial charge < -0.3 is 4.90 Å². The Bertz CT molecular complexity index is 769. The lowest BCUT2D eigenvalue weighted by atomic mass is 10.1. The first-order valence-corrected chi connectivity index (χ1v) is 8.61. The van der Waals surface area contributed by atoms with E-state index in [1.54, 1.807) is 26.1 Å². The number of sulfonamides is 1. The van der Waals surface area contributed by atoms with Gasteiger partial charge in [-0.2, -0.15) is 5.10 Å². The number of likely N-dealkylation sites (N-methyl/N-ethyl adjacent to an activating group) is 1. The third-order valence-electron chi connectivity index (χ3n) is 3.60. The highest BCUT2D eigenvalue weighted by Gasteiger charge is 2.22. The van der Waals surface area contributed by atoms with Gasteiger partial charge in [0.05, 0.1) is 5.69 Å². The van der Waals surface area contributed by atoms with Gasteiger partial charge in [0, 0.05) is 25.8 Å². The highest BCUT2D eigenvalue weighted by molar-refractivity contribution is 7.89. The molecule has 23 heavy (non-hydrogen) atoms. The van der Waals surface area contributed by atoms with Crippen molar-refractivity contribution in [1.29, 1.82) is 0 Å². The SMILES string of the molecule is Cc1nn(C)cc1S(=O)(=O)NC[C@@H](c1ccc(F)cc1)N(C)C. The number of aromatic nitrogens is 2. The van der Waals surface area contributed by atoms with Crippen LogP contribution in [0.5, 0.6) is 0 Å². The second kappa shape index (κ2) is 6.77. The molecule has 1 N–H and O–H groups in total. The largest absolute Gasteiger partial charge is 0.301 e. The van der Waals surface area contributed by atoms with Crippen molar-refractivity contribution in [2.24, 2.45) is 7.05 Å². The molecule has 0 aliphatic heterocycles. The number of aryl methyl sites for hydroxylation is 2. The fraction of sp³-hybridized carbons (Fsp3) is 0.400. The molecular formula is C15H21FN4O2S. The summed E-state index contributed by atoms with van der Waals surface area (Å²) in [5, 5.41) is 4.05. The molecule has 0 aliphatic carbocycles. The van der Waals surface area contributed by atoms with Crippen molar-refractivity contribution in [3.63, 3.8) is 0 Å². The molecule has 0 radical (unpaired) electrons. The maximum atomic E-state index is 13.1. The first-order valence-electron chi connectivity index (χ1n) is 7.12. The van der Waals surface area contributed by atoms with E-state index in [4.69, 9.17) is 0 Å². The zero-order chi connectivity index (χ0) is 17.2. The average Bonchev–Trinajstić information content (AvgIpc) is 2.80. The molecule has 126 valence electrons. The number of hydrogen-bond acceptors (Lipinski definition) is 4. The maximum absolute atomic E-state index is 13.1. The highest BCUT2D eigenvalue weighted by atomic mass is 32.2. The molecule has 1 atom stereocenters. The van der Waals surface area contributed by atoms with Crippen LogP contribution in [0.3, 0.4) is 0 Å². The summed E-state index contributed by atoms with van der Waals surface area (Å²) in [6.07, 6.45) is 1.47. The summed E-state index contributed by atoms with van der Waals surface area (Å²) in [6.45, 7) is 1.83. The van der Waals surface area contributed by atoms with Crippen molar-refractivity contribution in [1.82, 2.24) is 19.4 Å². The molecular weight excluding hydrogens is 319 g/mol. The number of nitrogens with zero attached hydrogens (tertiary/aromatic N) is 3. The Balaban J connectivity index is 2.18. The van der Waals surface area contributed by atoms with E-state index in [-0.39, 0.29) is 23.3 Å². The lowest BCUT2D eigenvalue weighted by Gasteiger charge is -2.25. The molecule has 0 amide bonds. The third-order valence-corrected chi connectivity index (χ3v) is 5.13. The van der Waals surface area contributed by atoms with Crippen LogP contribution in [-0.4, -0.2) is 43.7 Å². The molecule has 1 aromatic carbocycles. The van der Waals surface area contributed by atoms with Gasteiger partial charge in [-0.3, -0.25) is 4.68 Å². The van der Waals surface area contributed by atoms with E-state index in [1.165, 1.54) is 23.0 Å². The minimum absolute atomic E-state index is 0.164. The smallest absolute Gasteiger partial charge is 0.244 e. The molecule has 2 aromatic rings. The first-order chi connectivity index (χ1) is 10.7. The molecule has 0 bridgehead atoms. The first kappa shape index (κ1) is 17.6. The van der Waals surface area contributed by atoms with Gasteiger partial charge in [0.1, 0.15) is 10.7 Å². The molecule has 0 aliphatic rings. The molecule has 1 aromatic heterocycles. The van der Waals surface area contributed by atoms with E-state index in [1.807, 2.05) is 19.0 Å². The summed E-state index contributed by atoms with van der Waals surface area (Å²) >= 11 is 0. The van der Waals surface area contributed by atoms with Crippen molar-refractivity contribution in [2.45, 2.75) is 17.9 Å². The lowest BCUT2D eigenvalue weighted by Crippen LogP contribution is -2.34. The minimum atomic E-state index is -3.65. The Kier molecular flexibility index (Phi) is 5.18. The summed E-state index contributed by atoms with van der Waals surface area (Å²) in [6, 6.07) is 5.84. The Morgan fingerprint density at radius 1 is 1.30 bits per heavy atom. The minimum Gasteiger partial charge on any atom is -0.301 e. The van der Waals surface area contributed by atoms with Gasteiger partial charge in [-0.1, -0.05) is 12.1 Å². The predicted molar refractivity (Wildman–Crippen MR) is 86.0 cm³/mol. The molecule has 0 saturated carbocycles.